The Hall–Kier alpha value is -0.950. The van der Waals surface area contributed by atoms with Gasteiger partial charge in [-0.05, 0) is 49.8 Å². The molecule has 1 aromatic carbocycles. The van der Waals surface area contributed by atoms with Crippen LogP contribution < -0.4 is 10.5 Å². The molecule has 0 atom stereocenters. The van der Waals surface area contributed by atoms with Gasteiger partial charge in [0, 0.05) is 19.2 Å². The van der Waals surface area contributed by atoms with Crippen molar-refractivity contribution in [2.45, 2.75) is 49.1 Å². The molecule has 0 radical (unpaired) electrons. The lowest BCUT2D eigenvalue weighted by molar-refractivity contribution is 0.202. The zero-order valence-electron chi connectivity index (χ0n) is 12.4. The normalized spacial score (nSPS) is 23.1. The zero-order valence-corrected chi connectivity index (χ0v) is 13.2. The van der Waals surface area contributed by atoms with Gasteiger partial charge in [-0.2, -0.15) is 0 Å². The number of methoxy groups -OCH3 is 1. The molecule has 3 N–H and O–H groups in total. The maximum atomic E-state index is 12.3. The number of nitrogens with one attached hydrogen (secondary N) is 1. The molecule has 0 saturated heterocycles. The van der Waals surface area contributed by atoms with Crippen molar-refractivity contribution in [3.63, 3.8) is 0 Å². The van der Waals surface area contributed by atoms with Crippen LogP contribution in [0.5, 0.6) is 0 Å². The number of nitrogens with two attached hydrogens (primary N) is 1. The van der Waals surface area contributed by atoms with Crippen molar-refractivity contribution in [2.75, 3.05) is 13.7 Å². The molecule has 0 spiro atoms. The molecular formula is C15H24N2O3S. The van der Waals surface area contributed by atoms with Gasteiger partial charge in [0.1, 0.15) is 0 Å². The number of sulfonamides is 1. The van der Waals surface area contributed by atoms with Crippen LogP contribution in [0, 0.1) is 0 Å². The fourth-order valence-corrected chi connectivity index (χ4v) is 3.88. The molecule has 1 aliphatic rings. The Bertz CT molecular complexity index is 535. The summed E-state index contributed by atoms with van der Waals surface area (Å²) in [6.07, 6.45) is 4.16. The SMILES string of the molecule is COCCc1ccc(S(=O)(=O)NC2CCC(N)CC2)cc1. The van der Waals surface area contributed by atoms with Crippen molar-refractivity contribution in [1.82, 2.24) is 4.72 Å². The summed E-state index contributed by atoms with van der Waals surface area (Å²) in [7, 11) is -1.79. The van der Waals surface area contributed by atoms with Crippen LogP contribution in [0.3, 0.4) is 0 Å². The fourth-order valence-electron chi connectivity index (χ4n) is 2.58. The van der Waals surface area contributed by atoms with E-state index in [4.69, 9.17) is 10.5 Å². The summed E-state index contributed by atoms with van der Waals surface area (Å²) in [6.45, 7) is 0.632. The van der Waals surface area contributed by atoms with Crippen LogP contribution in [-0.2, 0) is 21.2 Å². The molecule has 21 heavy (non-hydrogen) atoms. The lowest BCUT2D eigenvalue weighted by atomic mass is 9.93. The van der Waals surface area contributed by atoms with Crippen molar-refractivity contribution in [2.24, 2.45) is 5.73 Å². The molecule has 0 aromatic heterocycles. The quantitative estimate of drug-likeness (QED) is 0.832. The molecule has 118 valence electrons. The van der Waals surface area contributed by atoms with Gasteiger partial charge >= 0.3 is 0 Å². The number of ether oxygens (including phenoxy) is 1. The molecule has 0 amide bonds. The summed E-state index contributed by atoms with van der Waals surface area (Å²) in [6, 6.07) is 7.20. The standard InChI is InChI=1S/C15H24N2O3S/c1-20-11-10-12-2-8-15(9-3-12)21(18,19)17-14-6-4-13(16)5-7-14/h2-3,8-9,13-14,17H,4-7,10-11,16H2,1H3. The first-order valence-corrected chi connectivity index (χ1v) is 8.85. The zero-order chi connectivity index (χ0) is 15.3. The molecule has 1 fully saturated rings. The Morgan fingerprint density at radius 1 is 1.19 bits per heavy atom. The third kappa shape index (κ3) is 4.78. The second-order valence-electron chi connectivity index (χ2n) is 5.62. The molecule has 0 bridgehead atoms. The first kappa shape index (κ1) is 16.4. The van der Waals surface area contributed by atoms with E-state index in [0.29, 0.717) is 11.5 Å². The van der Waals surface area contributed by atoms with E-state index in [0.717, 1.165) is 37.7 Å². The summed E-state index contributed by atoms with van der Waals surface area (Å²) in [5, 5.41) is 0. The summed E-state index contributed by atoms with van der Waals surface area (Å²) in [5.41, 5.74) is 6.91. The summed E-state index contributed by atoms with van der Waals surface area (Å²) in [5.74, 6) is 0. The van der Waals surface area contributed by atoms with E-state index < -0.39 is 10.0 Å². The van der Waals surface area contributed by atoms with Gasteiger partial charge in [0.2, 0.25) is 10.0 Å². The Labute approximate surface area is 126 Å². The molecular weight excluding hydrogens is 288 g/mol. The highest BCUT2D eigenvalue weighted by Crippen LogP contribution is 2.19. The number of hydrogen-bond donors (Lipinski definition) is 2. The van der Waals surface area contributed by atoms with Crippen molar-refractivity contribution in [3.05, 3.63) is 29.8 Å². The van der Waals surface area contributed by atoms with Gasteiger partial charge in [0.05, 0.1) is 11.5 Å². The Kier molecular flexibility index (Phi) is 5.75. The lowest BCUT2D eigenvalue weighted by Gasteiger charge is -2.26. The van der Waals surface area contributed by atoms with Crippen LogP contribution >= 0.6 is 0 Å². The molecule has 1 aliphatic carbocycles. The number of benzene rings is 1. The molecule has 1 saturated carbocycles. The maximum Gasteiger partial charge on any atom is 0.240 e. The van der Waals surface area contributed by atoms with Crippen LogP contribution in [-0.4, -0.2) is 34.2 Å². The molecule has 5 nitrogen and oxygen atoms in total. The van der Waals surface area contributed by atoms with E-state index in [9.17, 15) is 8.42 Å². The highest BCUT2D eigenvalue weighted by Gasteiger charge is 2.24. The third-order valence-electron chi connectivity index (χ3n) is 3.92. The van der Waals surface area contributed by atoms with E-state index in [1.165, 1.54) is 0 Å². The van der Waals surface area contributed by atoms with Crippen molar-refractivity contribution < 1.29 is 13.2 Å². The maximum absolute atomic E-state index is 12.3. The Morgan fingerprint density at radius 2 is 1.81 bits per heavy atom. The predicted molar refractivity (Wildman–Crippen MR) is 82.6 cm³/mol. The number of hydrogen-bond acceptors (Lipinski definition) is 4. The monoisotopic (exact) mass is 312 g/mol. The predicted octanol–water partition coefficient (Wildman–Crippen LogP) is 1.42. The van der Waals surface area contributed by atoms with Crippen LogP contribution in [0.15, 0.2) is 29.2 Å². The van der Waals surface area contributed by atoms with Gasteiger partial charge in [-0.1, -0.05) is 12.1 Å². The van der Waals surface area contributed by atoms with Gasteiger partial charge in [-0.25, -0.2) is 13.1 Å². The molecule has 1 aromatic rings. The van der Waals surface area contributed by atoms with Crippen LogP contribution in [0.2, 0.25) is 0 Å². The second-order valence-corrected chi connectivity index (χ2v) is 7.33. The first-order valence-electron chi connectivity index (χ1n) is 7.37. The average molecular weight is 312 g/mol. The minimum atomic E-state index is -3.44. The second kappa shape index (κ2) is 7.35. The van der Waals surface area contributed by atoms with Gasteiger partial charge in [0.15, 0.2) is 0 Å². The largest absolute Gasteiger partial charge is 0.384 e. The highest BCUT2D eigenvalue weighted by atomic mass is 32.2. The van der Waals surface area contributed by atoms with Gasteiger partial charge < -0.3 is 10.5 Å². The van der Waals surface area contributed by atoms with E-state index in [-0.39, 0.29) is 12.1 Å². The van der Waals surface area contributed by atoms with Crippen LogP contribution in [0.25, 0.3) is 0 Å². The van der Waals surface area contributed by atoms with Crippen molar-refractivity contribution in [3.8, 4) is 0 Å². The molecule has 0 heterocycles. The average Bonchev–Trinajstić information content (AvgIpc) is 2.48. The minimum absolute atomic E-state index is 0.00275. The van der Waals surface area contributed by atoms with Gasteiger partial charge in [-0.15, -0.1) is 0 Å². The summed E-state index contributed by atoms with van der Waals surface area (Å²) >= 11 is 0. The van der Waals surface area contributed by atoms with Crippen LogP contribution in [0.4, 0.5) is 0 Å². The third-order valence-corrected chi connectivity index (χ3v) is 5.46. The van der Waals surface area contributed by atoms with E-state index in [1.54, 1.807) is 19.2 Å². The fraction of sp³-hybridized carbons (Fsp3) is 0.600. The summed E-state index contributed by atoms with van der Waals surface area (Å²) < 4.78 is 32.5. The van der Waals surface area contributed by atoms with Crippen molar-refractivity contribution in [1.29, 1.82) is 0 Å². The van der Waals surface area contributed by atoms with Crippen LogP contribution in [0.1, 0.15) is 31.2 Å². The highest BCUT2D eigenvalue weighted by molar-refractivity contribution is 7.89. The van der Waals surface area contributed by atoms with Gasteiger partial charge in [-0.3, -0.25) is 0 Å². The Morgan fingerprint density at radius 3 is 2.38 bits per heavy atom. The van der Waals surface area contributed by atoms with Crippen molar-refractivity contribution >= 4 is 10.0 Å². The summed E-state index contributed by atoms with van der Waals surface area (Å²) in [4.78, 5) is 0.318. The van der Waals surface area contributed by atoms with E-state index >= 15 is 0 Å². The minimum Gasteiger partial charge on any atom is -0.384 e. The molecule has 2 rings (SSSR count). The van der Waals surface area contributed by atoms with E-state index in [1.807, 2.05) is 12.1 Å². The lowest BCUT2D eigenvalue weighted by Crippen LogP contribution is -2.40. The Balaban J connectivity index is 1.98. The molecule has 0 aliphatic heterocycles. The first-order chi connectivity index (χ1) is 10.0. The topological polar surface area (TPSA) is 81.4 Å². The smallest absolute Gasteiger partial charge is 0.240 e. The number of rotatable bonds is 6. The van der Waals surface area contributed by atoms with Gasteiger partial charge in [0.25, 0.3) is 0 Å². The van der Waals surface area contributed by atoms with E-state index in [2.05, 4.69) is 4.72 Å². The molecule has 0 unspecified atom stereocenters. The molecule has 6 heteroatoms.